The number of hydrogen-bond acceptors (Lipinski definition) is 3. The minimum absolute atomic E-state index is 0.370. The zero-order chi connectivity index (χ0) is 13.0. The van der Waals surface area contributed by atoms with Gasteiger partial charge in [0.2, 0.25) is 5.88 Å². The number of halogens is 2. The van der Waals surface area contributed by atoms with Gasteiger partial charge in [-0.05, 0) is 23.3 Å². The van der Waals surface area contributed by atoms with Crippen LogP contribution < -0.4 is 10.5 Å². The number of nitrogens with zero attached hydrogens (tertiary/aromatic N) is 1. The van der Waals surface area contributed by atoms with Crippen LogP contribution in [0.25, 0.3) is 0 Å². The first-order valence-corrected chi connectivity index (χ1v) is 6.58. The molecule has 0 radical (unpaired) electrons. The van der Waals surface area contributed by atoms with Crippen LogP contribution in [0, 0.1) is 0 Å². The van der Waals surface area contributed by atoms with Gasteiger partial charge in [-0.25, -0.2) is 4.98 Å². The van der Waals surface area contributed by atoms with Crippen molar-refractivity contribution < 1.29 is 4.74 Å². The molecule has 5 heteroatoms. The first-order chi connectivity index (χ1) is 8.69. The SMILES string of the molecule is NCc1cc(OCc2cccc(Br)c2)ncc1Cl. The van der Waals surface area contributed by atoms with E-state index in [1.54, 1.807) is 12.3 Å². The molecule has 1 aromatic carbocycles. The van der Waals surface area contributed by atoms with Gasteiger partial charge in [0.05, 0.1) is 5.02 Å². The molecule has 0 bridgehead atoms. The molecule has 0 fully saturated rings. The van der Waals surface area contributed by atoms with Crippen molar-refractivity contribution in [3.63, 3.8) is 0 Å². The maximum absolute atomic E-state index is 5.93. The third kappa shape index (κ3) is 3.45. The first-order valence-electron chi connectivity index (χ1n) is 5.41. The Morgan fingerprint density at radius 1 is 1.33 bits per heavy atom. The Balaban J connectivity index is 2.06. The van der Waals surface area contributed by atoms with Crippen molar-refractivity contribution in [1.29, 1.82) is 0 Å². The summed E-state index contributed by atoms with van der Waals surface area (Å²) < 4.78 is 6.62. The van der Waals surface area contributed by atoms with E-state index in [0.717, 1.165) is 15.6 Å². The molecule has 0 amide bonds. The molecule has 0 saturated carbocycles. The van der Waals surface area contributed by atoms with E-state index in [4.69, 9.17) is 22.1 Å². The number of benzene rings is 1. The molecule has 2 N–H and O–H groups in total. The van der Waals surface area contributed by atoms with Gasteiger partial charge in [-0.3, -0.25) is 0 Å². The number of ether oxygens (including phenoxy) is 1. The summed E-state index contributed by atoms with van der Waals surface area (Å²) in [6, 6.07) is 9.69. The molecular weight excluding hydrogens is 316 g/mol. The van der Waals surface area contributed by atoms with Gasteiger partial charge in [0.15, 0.2) is 0 Å². The predicted octanol–water partition coefficient (Wildman–Crippen LogP) is 3.54. The molecule has 2 aromatic rings. The highest BCUT2D eigenvalue weighted by atomic mass is 79.9. The molecule has 0 aliphatic carbocycles. The Hall–Kier alpha value is -1.10. The largest absolute Gasteiger partial charge is 0.473 e. The van der Waals surface area contributed by atoms with Gasteiger partial charge in [-0.2, -0.15) is 0 Å². The third-order valence-electron chi connectivity index (χ3n) is 2.41. The highest BCUT2D eigenvalue weighted by Crippen LogP contribution is 2.20. The Morgan fingerprint density at radius 3 is 2.89 bits per heavy atom. The van der Waals surface area contributed by atoms with E-state index >= 15 is 0 Å². The molecule has 1 aromatic heterocycles. The van der Waals surface area contributed by atoms with Gasteiger partial charge in [-0.15, -0.1) is 0 Å². The van der Waals surface area contributed by atoms with Crippen LogP contribution in [0.1, 0.15) is 11.1 Å². The van der Waals surface area contributed by atoms with Crippen molar-refractivity contribution >= 4 is 27.5 Å². The van der Waals surface area contributed by atoms with Crippen LogP contribution in [-0.4, -0.2) is 4.98 Å². The molecule has 0 saturated heterocycles. The number of nitrogens with two attached hydrogens (primary N) is 1. The molecule has 0 unspecified atom stereocenters. The Morgan fingerprint density at radius 2 is 2.17 bits per heavy atom. The fourth-order valence-corrected chi connectivity index (χ4v) is 2.10. The first kappa shape index (κ1) is 13.3. The second-order valence-corrected chi connectivity index (χ2v) is 5.06. The smallest absolute Gasteiger partial charge is 0.213 e. The maximum atomic E-state index is 5.93. The van der Waals surface area contributed by atoms with Gasteiger partial charge >= 0.3 is 0 Å². The zero-order valence-corrected chi connectivity index (χ0v) is 11.9. The molecular formula is C13H12BrClN2O. The number of hydrogen-bond donors (Lipinski definition) is 1. The normalized spacial score (nSPS) is 10.4. The van der Waals surface area contributed by atoms with Crippen molar-refractivity contribution in [3.05, 3.63) is 57.2 Å². The zero-order valence-electron chi connectivity index (χ0n) is 9.57. The summed E-state index contributed by atoms with van der Waals surface area (Å²) in [5, 5.41) is 0.562. The molecule has 0 atom stereocenters. The quantitative estimate of drug-likeness (QED) is 0.934. The number of rotatable bonds is 4. The Bertz CT molecular complexity index is 548. The monoisotopic (exact) mass is 326 g/mol. The van der Waals surface area contributed by atoms with E-state index in [1.807, 2.05) is 24.3 Å². The predicted molar refractivity (Wildman–Crippen MR) is 75.6 cm³/mol. The van der Waals surface area contributed by atoms with Crippen LogP contribution >= 0.6 is 27.5 Å². The molecule has 2 rings (SSSR count). The standard InChI is InChI=1S/C13H12BrClN2O/c14-11-3-1-2-9(4-11)8-18-13-5-10(6-16)12(15)7-17-13/h1-5,7H,6,8,16H2. The van der Waals surface area contributed by atoms with Crippen LogP contribution in [0.2, 0.25) is 5.02 Å². The van der Waals surface area contributed by atoms with Gasteiger partial charge in [0.1, 0.15) is 6.61 Å². The van der Waals surface area contributed by atoms with Crippen LogP contribution in [-0.2, 0) is 13.2 Å². The molecule has 1 heterocycles. The fourth-order valence-electron chi connectivity index (χ4n) is 1.48. The summed E-state index contributed by atoms with van der Waals surface area (Å²) in [7, 11) is 0. The second-order valence-electron chi connectivity index (χ2n) is 3.74. The van der Waals surface area contributed by atoms with Gasteiger partial charge < -0.3 is 10.5 Å². The summed E-state index contributed by atoms with van der Waals surface area (Å²) in [5.74, 6) is 0.528. The number of pyridine rings is 1. The Labute approximate surface area is 119 Å². The fraction of sp³-hybridized carbons (Fsp3) is 0.154. The van der Waals surface area contributed by atoms with E-state index in [-0.39, 0.29) is 0 Å². The van der Waals surface area contributed by atoms with E-state index in [9.17, 15) is 0 Å². The number of aromatic nitrogens is 1. The topological polar surface area (TPSA) is 48.1 Å². The minimum atomic E-state index is 0.370. The van der Waals surface area contributed by atoms with Crippen molar-refractivity contribution in [1.82, 2.24) is 4.98 Å². The lowest BCUT2D eigenvalue weighted by Crippen LogP contribution is -2.01. The second kappa shape index (κ2) is 6.18. The van der Waals surface area contributed by atoms with Crippen LogP contribution in [0.5, 0.6) is 5.88 Å². The van der Waals surface area contributed by atoms with Crippen LogP contribution in [0.15, 0.2) is 41.0 Å². The van der Waals surface area contributed by atoms with Crippen molar-refractivity contribution in [3.8, 4) is 5.88 Å². The molecule has 18 heavy (non-hydrogen) atoms. The summed E-state index contributed by atoms with van der Waals surface area (Å²) in [6.45, 7) is 0.826. The van der Waals surface area contributed by atoms with Crippen molar-refractivity contribution in [2.45, 2.75) is 13.2 Å². The third-order valence-corrected chi connectivity index (χ3v) is 3.24. The summed E-state index contributed by atoms with van der Waals surface area (Å²) in [6.07, 6.45) is 1.56. The maximum Gasteiger partial charge on any atom is 0.213 e. The van der Waals surface area contributed by atoms with Crippen LogP contribution in [0.3, 0.4) is 0 Å². The lowest BCUT2D eigenvalue weighted by molar-refractivity contribution is 0.293. The van der Waals surface area contributed by atoms with E-state index in [1.165, 1.54) is 0 Å². The summed E-state index contributed by atoms with van der Waals surface area (Å²) in [4.78, 5) is 4.10. The average Bonchev–Trinajstić information content (AvgIpc) is 2.38. The van der Waals surface area contributed by atoms with E-state index in [0.29, 0.717) is 24.1 Å². The molecule has 0 spiro atoms. The van der Waals surface area contributed by atoms with Gasteiger partial charge in [0.25, 0.3) is 0 Å². The lowest BCUT2D eigenvalue weighted by Gasteiger charge is -2.07. The van der Waals surface area contributed by atoms with Crippen LogP contribution in [0.4, 0.5) is 0 Å². The minimum Gasteiger partial charge on any atom is -0.473 e. The molecule has 94 valence electrons. The lowest BCUT2D eigenvalue weighted by atomic mass is 10.2. The van der Waals surface area contributed by atoms with Gasteiger partial charge in [-0.1, -0.05) is 39.7 Å². The van der Waals surface area contributed by atoms with Crippen molar-refractivity contribution in [2.24, 2.45) is 5.73 Å². The van der Waals surface area contributed by atoms with Gasteiger partial charge in [0, 0.05) is 23.3 Å². The Kier molecular flexibility index (Phi) is 4.58. The van der Waals surface area contributed by atoms with Crippen molar-refractivity contribution in [2.75, 3.05) is 0 Å². The average molecular weight is 328 g/mol. The summed E-state index contributed by atoms with van der Waals surface area (Å²) in [5.41, 5.74) is 7.47. The molecule has 3 nitrogen and oxygen atoms in total. The highest BCUT2D eigenvalue weighted by molar-refractivity contribution is 9.10. The van der Waals surface area contributed by atoms with E-state index in [2.05, 4.69) is 20.9 Å². The highest BCUT2D eigenvalue weighted by Gasteiger charge is 2.03. The molecule has 0 aliphatic heterocycles. The van der Waals surface area contributed by atoms with E-state index < -0.39 is 0 Å². The molecule has 0 aliphatic rings. The summed E-state index contributed by atoms with van der Waals surface area (Å²) >= 11 is 9.35.